The van der Waals surface area contributed by atoms with Crippen LogP contribution in [0.4, 0.5) is 13.2 Å². The molecule has 174 valence electrons. The van der Waals surface area contributed by atoms with Crippen molar-refractivity contribution in [2.75, 3.05) is 40.4 Å². The predicted molar refractivity (Wildman–Crippen MR) is 108 cm³/mol. The van der Waals surface area contributed by atoms with Gasteiger partial charge in [0.15, 0.2) is 0 Å². The minimum atomic E-state index is -4.94. The van der Waals surface area contributed by atoms with Crippen molar-refractivity contribution in [2.24, 2.45) is 0 Å². The number of furan rings is 1. The summed E-state index contributed by atoms with van der Waals surface area (Å²) >= 11 is 0. The van der Waals surface area contributed by atoms with Crippen molar-refractivity contribution in [2.45, 2.75) is 24.7 Å². The maximum absolute atomic E-state index is 14.2. The van der Waals surface area contributed by atoms with E-state index in [0.717, 1.165) is 7.11 Å². The quantitative estimate of drug-likeness (QED) is 0.625. The summed E-state index contributed by atoms with van der Waals surface area (Å²) in [7, 11) is 2.15. The zero-order valence-corrected chi connectivity index (χ0v) is 17.9. The Balaban J connectivity index is 1.75. The maximum Gasteiger partial charge on any atom is 0.430 e. The monoisotopic (exact) mass is 454 g/mol. The molecule has 1 saturated heterocycles. The van der Waals surface area contributed by atoms with E-state index in [9.17, 15) is 22.8 Å². The molecule has 0 N–H and O–H groups in total. The van der Waals surface area contributed by atoms with Crippen LogP contribution in [0.25, 0.3) is 0 Å². The van der Waals surface area contributed by atoms with Gasteiger partial charge in [0.2, 0.25) is 5.76 Å². The van der Waals surface area contributed by atoms with E-state index in [1.807, 2.05) is 4.90 Å². The van der Waals surface area contributed by atoms with Crippen LogP contribution >= 0.6 is 0 Å². The summed E-state index contributed by atoms with van der Waals surface area (Å²) in [6.45, 7) is 1.50. The average molecular weight is 454 g/mol. The lowest BCUT2D eigenvalue weighted by Gasteiger charge is -2.37. The zero-order valence-electron chi connectivity index (χ0n) is 17.9. The molecule has 7 nitrogen and oxygen atoms in total. The molecule has 0 radical (unpaired) electrons. The third-order valence-electron chi connectivity index (χ3n) is 5.49. The molecule has 2 heterocycles. The highest BCUT2D eigenvalue weighted by atomic mass is 19.4. The van der Waals surface area contributed by atoms with Gasteiger partial charge in [0.1, 0.15) is 5.76 Å². The van der Waals surface area contributed by atoms with Gasteiger partial charge >= 0.3 is 12.1 Å². The molecule has 1 unspecified atom stereocenters. The molecule has 0 aliphatic carbocycles. The average Bonchev–Trinajstić information content (AvgIpc) is 3.11. The summed E-state index contributed by atoms with van der Waals surface area (Å²) < 4.78 is 57.6. The molecule has 1 amide bonds. The van der Waals surface area contributed by atoms with Crippen molar-refractivity contribution in [3.05, 3.63) is 59.5 Å². The highest BCUT2D eigenvalue weighted by Crippen LogP contribution is 2.43. The minimum Gasteiger partial charge on any atom is -0.463 e. The van der Waals surface area contributed by atoms with Crippen molar-refractivity contribution < 1.29 is 36.7 Å². The molecule has 0 spiro atoms. The molecule has 32 heavy (non-hydrogen) atoms. The summed E-state index contributed by atoms with van der Waals surface area (Å²) in [6.07, 6.45) is -4.46. The van der Waals surface area contributed by atoms with E-state index in [1.54, 1.807) is 12.1 Å². The molecule has 1 aromatic carbocycles. The van der Waals surface area contributed by atoms with E-state index in [1.165, 1.54) is 42.3 Å². The predicted octanol–water partition coefficient (Wildman–Crippen LogP) is 3.20. The summed E-state index contributed by atoms with van der Waals surface area (Å²) in [4.78, 5) is 27.9. The fourth-order valence-corrected chi connectivity index (χ4v) is 3.85. The van der Waals surface area contributed by atoms with Crippen molar-refractivity contribution >= 4 is 11.9 Å². The molecule has 1 aliphatic rings. The second-order valence-corrected chi connectivity index (χ2v) is 7.43. The first-order chi connectivity index (χ1) is 15.2. The zero-order chi connectivity index (χ0) is 23.4. The number of esters is 1. The van der Waals surface area contributed by atoms with E-state index >= 15 is 0 Å². The number of carbonyl (C=O) groups is 2. The Bertz CT molecular complexity index is 931. The molecule has 0 bridgehead atoms. The Labute approximate surface area is 183 Å². The van der Waals surface area contributed by atoms with Gasteiger partial charge in [-0.2, -0.15) is 13.2 Å². The number of carbonyl (C=O) groups excluding carboxylic acids is 2. The molecule has 10 heteroatoms. The van der Waals surface area contributed by atoms with Crippen LogP contribution in [-0.4, -0.2) is 68.3 Å². The number of rotatable bonds is 6. The SMILES string of the molecule is COC(=O)c1ccc(CN2CCCN(C(=O)C(OC)(c3ccccc3)C(F)(F)F)CC2)o1. The summed E-state index contributed by atoms with van der Waals surface area (Å²) in [6, 6.07) is 10.1. The van der Waals surface area contributed by atoms with E-state index in [4.69, 9.17) is 9.15 Å². The number of halogens is 3. The van der Waals surface area contributed by atoms with Gasteiger partial charge in [0.25, 0.3) is 11.5 Å². The molecule has 1 atom stereocenters. The normalized spacial score (nSPS) is 17.5. The van der Waals surface area contributed by atoms with E-state index < -0.39 is 23.7 Å². The molecule has 3 rings (SSSR count). The Kier molecular flexibility index (Phi) is 7.25. The van der Waals surface area contributed by atoms with Crippen LogP contribution in [0.15, 0.2) is 46.9 Å². The Morgan fingerprint density at radius 2 is 1.72 bits per heavy atom. The summed E-state index contributed by atoms with van der Waals surface area (Å²) in [5.74, 6) is -1.12. The van der Waals surface area contributed by atoms with Crippen LogP contribution in [0.2, 0.25) is 0 Å². The Hall–Kier alpha value is -2.85. The van der Waals surface area contributed by atoms with Crippen LogP contribution < -0.4 is 0 Å². The first-order valence-corrected chi connectivity index (χ1v) is 10.1. The third kappa shape index (κ3) is 4.66. The van der Waals surface area contributed by atoms with Crippen LogP contribution in [0.1, 0.15) is 28.3 Å². The van der Waals surface area contributed by atoms with Gasteiger partial charge in [-0.1, -0.05) is 30.3 Å². The number of methoxy groups -OCH3 is 2. The van der Waals surface area contributed by atoms with Gasteiger partial charge in [0, 0.05) is 38.9 Å². The number of benzene rings is 1. The Morgan fingerprint density at radius 3 is 2.34 bits per heavy atom. The van der Waals surface area contributed by atoms with Crippen LogP contribution in [0.3, 0.4) is 0 Å². The highest BCUT2D eigenvalue weighted by molar-refractivity contribution is 5.88. The fourth-order valence-electron chi connectivity index (χ4n) is 3.85. The topological polar surface area (TPSA) is 72.2 Å². The summed E-state index contributed by atoms with van der Waals surface area (Å²) in [5.41, 5.74) is -3.33. The molecule has 1 fully saturated rings. The molecule has 1 aromatic heterocycles. The van der Waals surface area contributed by atoms with Gasteiger partial charge in [-0.05, 0) is 18.6 Å². The van der Waals surface area contributed by atoms with Crippen molar-refractivity contribution in [3.63, 3.8) is 0 Å². The molecule has 1 aliphatic heterocycles. The molecular weight excluding hydrogens is 429 g/mol. The van der Waals surface area contributed by atoms with Gasteiger partial charge in [-0.15, -0.1) is 0 Å². The number of ether oxygens (including phenoxy) is 2. The van der Waals surface area contributed by atoms with Gasteiger partial charge < -0.3 is 18.8 Å². The standard InChI is InChI=1S/C22H25F3N2O5/c1-30-19(28)18-10-9-17(32-18)15-26-11-6-12-27(14-13-26)20(29)21(31-2,22(23,24)25)16-7-4-3-5-8-16/h3-5,7-10H,6,11-15H2,1-2H3. The largest absolute Gasteiger partial charge is 0.463 e. The second kappa shape index (κ2) is 9.74. The third-order valence-corrected chi connectivity index (χ3v) is 5.49. The lowest BCUT2D eigenvalue weighted by Crippen LogP contribution is -2.57. The number of alkyl halides is 3. The van der Waals surface area contributed by atoms with Crippen molar-refractivity contribution in [3.8, 4) is 0 Å². The molecule has 0 saturated carbocycles. The fraction of sp³-hybridized carbons (Fsp3) is 0.455. The smallest absolute Gasteiger partial charge is 0.430 e. The van der Waals surface area contributed by atoms with Gasteiger partial charge in [-0.25, -0.2) is 4.79 Å². The van der Waals surface area contributed by atoms with Gasteiger partial charge in [-0.3, -0.25) is 9.69 Å². The Morgan fingerprint density at radius 1 is 1.00 bits per heavy atom. The minimum absolute atomic E-state index is 0.0760. The maximum atomic E-state index is 14.2. The highest BCUT2D eigenvalue weighted by Gasteiger charge is 2.63. The molecular formula is C22H25F3N2O5. The number of amides is 1. The number of nitrogens with zero attached hydrogens (tertiary/aromatic N) is 2. The van der Waals surface area contributed by atoms with Crippen LogP contribution in [-0.2, 0) is 26.4 Å². The number of hydrogen-bond donors (Lipinski definition) is 0. The van der Waals surface area contributed by atoms with Crippen LogP contribution in [0, 0.1) is 0 Å². The second-order valence-electron chi connectivity index (χ2n) is 7.43. The van der Waals surface area contributed by atoms with E-state index in [2.05, 4.69) is 4.74 Å². The van der Waals surface area contributed by atoms with E-state index in [-0.39, 0.29) is 24.4 Å². The van der Waals surface area contributed by atoms with Gasteiger partial charge in [0.05, 0.1) is 13.7 Å². The van der Waals surface area contributed by atoms with Crippen LogP contribution in [0.5, 0.6) is 0 Å². The van der Waals surface area contributed by atoms with Crippen molar-refractivity contribution in [1.29, 1.82) is 0 Å². The lowest BCUT2D eigenvalue weighted by molar-refractivity contribution is -0.270. The first kappa shape index (κ1) is 23.8. The van der Waals surface area contributed by atoms with E-state index in [0.29, 0.717) is 31.8 Å². The first-order valence-electron chi connectivity index (χ1n) is 10.1. The molecule has 2 aromatic rings. The lowest BCUT2D eigenvalue weighted by atomic mass is 9.91. The summed E-state index contributed by atoms with van der Waals surface area (Å²) in [5, 5.41) is 0. The number of hydrogen-bond acceptors (Lipinski definition) is 6. The van der Waals surface area contributed by atoms with Crippen molar-refractivity contribution in [1.82, 2.24) is 9.80 Å².